The lowest BCUT2D eigenvalue weighted by molar-refractivity contribution is -0.130. The number of carbonyl (C=O) groups excluding carboxylic acids is 1. The maximum absolute atomic E-state index is 12.6. The van der Waals surface area contributed by atoms with E-state index in [0.29, 0.717) is 16.9 Å². The van der Waals surface area contributed by atoms with Crippen molar-refractivity contribution in [1.29, 1.82) is 0 Å². The van der Waals surface area contributed by atoms with Gasteiger partial charge in [0.25, 0.3) is 5.22 Å². The third-order valence-electron chi connectivity index (χ3n) is 5.02. The molecule has 1 fully saturated rings. The predicted molar refractivity (Wildman–Crippen MR) is 113 cm³/mol. The van der Waals surface area contributed by atoms with Crippen LogP contribution in [0.1, 0.15) is 19.8 Å². The van der Waals surface area contributed by atoms with Gasteiger partial charge in [0.05, 0.1) is 5.75 Å². The van der Waals surface area contributed by atoms with E-state index in [4.69, 9.17) is 9.40 Å². The van der Waals surface area contributed by atoms with Crippen molar-refractivity contribution < 1.29 is 9.21 Å². The van der Waals surface area contributed by atoms with Gasteiger partial charge in [-0.05, 0) is 18.8 Å². The predicted octanol–water partition coefficient (Wildman–Crippen LogP) is 5.36. The van der Waals surface area contributed by atoms with Gasteiger partial charge in [-0.3, -0.25) is 4.79 Å². The molecular weight excluding hydrogens is 368 g/mol. The van der Waals surface area contributed by atoms with Crippen molar-refractivity contribution in [2.45, 2.75) is 25.0 Å². The second kappa shape index (κ2) is 8.65. The number of benzene rings is 2. The summed E-state index contributed by atoms with van der Waals surface area (Å²) < 4.78 is 6.10. The first-order chi connectivity index (χ1) is 13.7. The van der Waals surface area contributed by atoms with Crippen LogP contribution in [0.3, 0.4) is 0 Å². The summed E-state index contributed by atoms with van der Waals surface area (Å²) in [5, 5.41) is 0.538. The summed E-state index contributed by atoms with van der Waals surface area (Å²) in [5.41, 5.74) is 2.80. The number of carbonyl (C=O) groups is 1. The maximum atomic E-state index is 12.6. The monoisotopic (exact) mass is 392 g/mol. The number of amides is 1. The van der Waals surface area contributed by atoms with Crippen LogP contribution >= 0.6 is 11.8 Å². The van der Waals surface area contributed by atoms with Crippen LogP contribution in [-0.4, -0.2) is 34.6 Å². The molecule has 0 radical (unpaired) electrons. The number of thioether (sulfide) groups is 1. The summed E-state index contributed by atoms with van der Waals surface area (Å²) in [6, 6.07) is 20.0. The van der Waals surface area contributed by atoms with E-state index in [-0.39, 0.29) is 5.91 Å². The minimum absolute atomic E-state index is 0.164. The van der Waals surface area contributed by atoms with Crippen LogP contribution < -0.4 is 0 Å². The summed E-state index contributed by atoms with van der Waals surface area (Å²) >= 11 is 1.38. The second-order valence-corrected chi connectivity index (χ2v) is 8.19. The molecule has 1 aliphatic heterocycles. The Hall–Kier alpha value is -2.53. The molecule has 2 aromatic carbocycles. The smallest absolute Gasteiger partial charge is 0.257 e. The van der Waals surface area contributed by atoms with Crippen molar-refractivity contribution >= 4 is 17.7 Å². The van der Waals surface area contributed by atoms with E-state index in [2.05, 4.69) is 6.92 Å². The molecule has 4 rings (SSSR count). The summed E-state index contributed by atoms with van der Waals surface area (Å²) in [5.74, 6) is 1.85. The minimum Gasteiger partial charge on any atom is -0.431 e. The van der Waals surface area contributed by atoms with E-state index >= 15 is 0 Å². The van der Waals surface area contributed by atoms with Crippen molar-refractivity contribution in [3.8, 4) is 22.6 Å². The van der Waals surface area contributed by atoms with Gasteiger partial charge in [0.2, 0.25) is 5.91 Å². The fourth-order valence-electron chi connectivity index (χ4n) is 3.57. The van der Waals surface area contributed by atoms with Crippen molar-refractivity contribution in [3.05, 3.63) is 60.7 Å². The molecule has 0 N–H and O–H groups in total. The largest absolute Gasteiger partial charge is 0.431 e. The topological polar surface area (TPSA) is 46.3 Å². The standard InChI is InChI=1S/C23H24N2O2S/c1-17-9-8-14-25(15-17)20(26)16-28-23-24-21(18-10-4-2-5-11-18)22(27-23)19-12-6-3-7-13-19/h2-7,10-13,17H,8-9,14-16H2,1H3. The van der Waals surface area contributed by atoms with Gasteiger partial charge in [-0.2, -0.15) is 0 Å². The number of aromatic nitrogens is 1. The quantitative estimate of drug-likeness (QED) is 0.549. The zero-order valence-electron chi connectivity index (χ0n) is 16.0. The fourth-order valence-corrected chi connectivity index (χ4v) is 4.30. The first-order valence-corrected chi connectivity index (χ1v) is 10.7. The lowest BCUT2D eigenvalue weighted by Gasteiger charge is -2.30. The Morgan fingerprint density at radius 3 is 2.46 bits per heavy atom. The Bertz CT molecular complexity index is 867. The van der Waals surface area contributed by atoms with Crippen molar-refractivity contribution in [2.24, 2.45) is 5.92 Å². The number of rotatable bonds is 5. The highest BCUT2D eigenvalue weighted by Crippen LogP contribution is 2.35. The summed E-state index contributed by atoms with van der Waals surface area (Å²) in [7, 11) is 0. The molecule has 1 aliphatic rings. The molecule has 0 aliphatic carbocycles. The van der Waals surface area contributed by atoms with E-state index in [1.807, 2.05) is 65.6 Å². The van der Waals surface area contributed by atoms with Gasteiger partial charge in [-0.1, -0.05) is 79.3 Å². The first-order valence-electron chi connectivity index (χ1n) is 9.73. The maximum Gasteiger partial charge on any atom is 0.257 e. The molecule has 1 amide bonds. The Kier molecular flexibility index (Phi) is 5.81. The highest BCUT2D eigenvalue weighted by molar-refractivity contribution is 7.99. The van der Waals surface area contributed by atoms with Gasteiger partial charge in [0.15, 0.2) is 5.76 Å². The fraction of sp³-hybridized carbons (Fsp3) is 0.304. The number of oxazole rings is 1. The van der Waals surface area contributed by atoms with Crippen LogP contribution in [0.25, 0.3) is 22.6 Å². The average molecular weight is 393 g/mol. The summed E-state index contributed by atoms with van der Waals surface area (Å²) in [6.45, 7) is 3.92. The normalized spacial score (nSPS) is 16.9. The Balaban J connectivity index is 1.55. The van der Waals surface area contributed by atoms with Gasteiger partial charge in [-0.15, -0.1) is 0 Å². The molecule has 4 nitrogen and oxygen atoms in total. The van der Waals surface area contributed by atoms with E-state index in [0.717, 1.165) is 42.1 Å². The molecule has 144 valence electrons. The summed E-state index contributed by atoms with van der Waals surface area (Å²) in [6.07, 6.45) is 2.30. The number of piperidine rings is 1. The second-order valence-electron chi connectivity index (χ2n) is 7.27. The molecule has 0 bridgehead atoms. The SMILES string of the molecule is CC1CCCN(C(=O)CSc2nc(-c3ccccc3)c(-c3ccccc3)o2)C1. The number of hydrogen-bond acceptors (Lipinski definition) is 4. The molecule has 3 aromatic rings. The molecule has 0 saturated carbocycles. The van der Waals surface area contributed by atoms with Crippen LogP contribution in [0.15, 0.2) is 70.3 Å². The molecule has 5 heteroatoms. The highest BCUT2D eigenvalue weighted by Gasteiger charge is 2.22. The Morgan fingerprint density at radius 1 is 1.11 bits per heavy atom. The van der Waals surface area contributed by atoms with Crippen LogP contribution in [0.4, 0.5) is 0 Å². The van der Waals surface area contributed by atoms with E-state index in [1.54, 1.807) is 0 Å². The zero-order chi connectivity index (χ0) is 19.3. The van der Waals surface area contributed by atoms with Crippen LogP contribution in [-0.2, 0) is 4.79 Å². The molecule has 1 unspecified atom stereocenters. The Morgan fingerprint density at radius 2 is 1.79 bits per heavy atom. The van der Waals surface area contributed by atoms with Crippen LogP contribution in [0.2, 0.25) is 0 Å². The molecule has 28 heavy (non-hydrogen) atoms. The third kappa shape index (κ3) is 4.30. The van der Waals surface area contributed by atoms with Crippen molar-refractivity contribution in [3.63, 3.8) is 0 Å². The zero-order valence-corrected chi connectivity index (χ0v) is 16.8. The van der Waals surface area contributed by atoms with E-state index < -0.39 is 0 Å². The van der Waals surface area contributed by atoms with Gasteiger partial charge in [0, 0.05) is 24.2 Å². The number of likely N-dealkylation sites (tertiary alicyclic amines) is 1. The van der Waals surface area contributed by atoms with E-state index in [1.165, 1.54) is 18.2 Å². The van der Waals surface area contributed by atoms with Crippen LogP contribution in [0, 0.1) is 5.92 Å². The van der Waals surface area contributed by atoms with Gasteiger partial charge < -0.3 is 9.32 Å². The van der Waals surface area contributed by atoms with Gasteiger partial charge in [0.1, 0.15) is 5.69 Å². The lowest BCUT2D eigenvalue weighted by atomic mass is 10.0. The molecule has 1 atom stereocenters. The lowest BCUT2D eigenvalue weighted by Crippen LogP contribution is -2.40. The summed E-state index contributed by atoms with van der Waals surface area (Å²) in [4.78, 5) is 19.3. The highest BCUT2D eigenvalue weighted by atomic mass is 32.2. The molecule has 2 heterocycles. The Labute approximate surface area is 170 Å². The number of hydrogen-bond donors (Lipinski definition) is 0. The molecular formula is C23H24N2O2S. The average Bonchev–Trinajstić information content (AvgIpc) is 3.18. The number of nitrogens with zero attached hydrogens (tertiary/aromatic N) is 2. The first kappa shape index (κ1) is 18.8. The van der Waals surface area contributed by atoms with Gasteiger partial charge >= 0.3 is 0 Å². The van der Waals surface area contributed by atoms with Crippen molar-refractivity contribution in [1.82, 2.24) is 9.88 Å². The van der Waals surface area contributed by atoms with Crippen molar-refractivity contribution in [2.75, 3.05) is 18.8 Å². The minimum atomic E-state index is 0.164. The van der Waals surface area contributed by atoms with E-state index in [9.17, 15) is 4.79 Å². The van der Waals surface area contributed by atoms with Crippen LogP contribution in [0.5, 0.6) is 0 Å². The molecule has 1 saturated heterocycles. The third-order valence-corrected chi connectivity index (χ3v) is 5.83. The molecule has 1 aromatic heterocycles. The van der Waals surface area contributed by atoms with Gasteiger partial charge in [-0.25, -0.2) is 4.98 Å². The molecule has 0 spiro atoms.